The van der Waals surface area contributed by atoms with E-state index in [0.717, 1.165) is 27.7 Å². The highest BCUT2D eigenvalue weighted by Gasteiger charge is 2.52. The lowest BCUT2D eigenvalue weighted by Gasteiger charge is -2.43. The zero-order chi connectivity index (χ0) is 39.7. The van der Waals surface area contributed by atoms with Gasteiger partial charge in [-0.05, 0) is 45.7 Å². The monoisotopic (exact) mass is 811 g/mol. The lowest BCUT2D eigenvalue weighted by Crippen LogP contribution is -2.66. The number of imidazole rings is 1. The molecule has 15 heteroatoms. The fraction of sp³-hybridized carbons (Fsp3) is 0.317. The van der Waals surface area contributed by atoms with E-state index in [0.29, 0.717) is 18.8 Å². The molecule has 1 amide bonds. The van der Waals surface area contributed by atoms with Gasteiger partial charge >= 0.3 is 11.8 Å². The van der Waals surface area contributed by atoms with Gasteiger partial charge in [0.25, 0.3) is 13.5 Å². The zero-order valence-corrected chi connectivity index (χ0v) is 34.3. The molecule has 0 bridgehead atoms. The Bertz CT molecular complexity index is 2090. The van der Waals surface area contributed by atoms with E-state index in [-0.39, 0.29) is 27.8 Å². The van der Waals surface area contributed by atoms with Gasteiger partial charge in [0.05, 0.1) is 6.10 Å². The molecule has 4 atom stereocenters. The summed E-state index contributed by atoms with van der Waals surface area (Å²) in [4.78, 5) is 46.8. The Morgan fingerprint density at radius 1 is 0.946 bits per heavy atom. The quantitative estimate of drug-likeness (QED) is 0.108. The van der Waals surface area contributed by atoms with Crippen LogP contribution < -0.4 is 21.4 Å². The lowest BCUT2D eigenvalue weighted by atomic mass is 9.98. The molecule has 56 heavy (non-hydrogen) atoms. The number of nitrogens with zero attached hydrogens (tertiary/aromatic N) is 4. The number of hydrogen-bond acceptors (Lipinski definition) is 11. The SMILES string of the molecule is CC(=O)SC[C@H]1[C@@H](OC(=S)n2ccnc2)[C@H](n2ccc(NC(=O)OCc3ccccc3)nc2=O)O[C@@H]1CCO[Si](c1ccccc1)(c1ccccc1)C(C)(C)C. The van der Waals surface area contributed by atoms with Gasteiger partial charge in [-0.2, -0.15) is 4.98 Å². The molecule has 12 nitrogen and oxygen atoms in total. The molecule has 1 aliphatic rings. The van der Waals surface area contributed by atoms with Crippen LogP contribution >= 0.6 is 24.0 Å². The molecule has 1 fully saturated rings. The second kappa shape index (κ2) is 18.3. The Balaban J connectivity index is 1.28. The van der Waals surface area contributed by atoms with Crippen LogP contribution in [0.1, 0.15) is 45.9 Å². The summed E-state index contributed by atoms with van der Waals surface area (Å²) in [5, 5.41) is 4.60. The molecule has 0 saturated carbocycles. The second-order valence-electron chi connectivity index (χ2n) is 14.3. The zero-order valence-electron chi connectivity index (χ0n) is 31.6. The van der Waals surface area contributed by atoms with Crippen molar-refractivity contribution in [1.29, 1.82) is 0 Å². The number of ether oxygens (including phenoxy) is 3. The van der Waals surface area contributed by atoms with E-state index in [2.05, 4.69) is 60.3 Å². The second-order valence-corrected chi connectivity index (χ2v) is 20.2. The average molecular weight is 812 g/mol. The maximum Gasteiger partial charge on any atom is 0.413 e. The summed E-state index contributed by atoms with van der Waals surface area (Å²) < 4.78 is 28.6. The molecule has 3 aromatic carbocycles. The number of thiocarbonyl (C=S) groups is 1. The topological polar surface area (TPSA) is 136 Å². The maximum atomic E-state index is 13.7. The van der Waals surface area contributed by atoms with E-state index in [1.54, 1.807) is 17.0 Å². The number of benzene rings is 3. The number of nitrogens with one attached hydrogen (secondary N) is 1. The molecular weight excluding hydrogens is 767 g/mol. The van der Waals surface area contributed by atoms with Crippen LogP contribution in [0.4, 0.5) is 10.6 Å². The number of anilines is 1. The van der Waals surface area contributed by atoms with Gasteiger partial charge in [0.1, 0.15) is 18.8 Å². The summed E-state index contributed by atoms with van der Waals surface area (Å²) in [7, 11) is -2.88. The van der Waals surface area contributed by atoms with Gasteiger partial charge in [-0.15, -0.1) is 0 Å². The molecule has 5 aromatic rings. The lowest BCUT2D eigenvalue weighted by molar-refractivity contribution is -0.109. The Hall–Kier alpha value is -4.93. The summed E-state index contributed by atoms with van der Waals surface area (Å²) in [6.07, 6.45) is 3.59. The molecule has 1 aliphatic heterocycles. The van der Waals surface area contributed by atoms with Crippen molar-refractivity contribution in [3.63, 3.8) is 0 Å². The van der Waals surface area contributed by atoms with Gasteiger partial charge in [-0.1, -0.05) is 124 Å². The van der Waals surface area contributed by atoms with Crippen molar-refractivity contribution in [3.05, 3.63) is 138 Å². The molecule has 2 aromatic heterocycles. The van der Waals surface area contributed by atoms with Crippen LogP contribution in [0.5, 0.6) is 0 Å². The van der Waals surface area contributed by atoms with Gasteiger partial charge in [0, 0.05) is 43.8 Å². The molecule has 6 rings (SSSR count). The van der Waals surface area contributed by atoms with Gasteiger partial charge < -0.3 is 18.6 Å². The largest absolute Gasteiger partial charge is 0.462 e. The molecule has 1 N–H and O–H groups in total. The molecule has 1 saturated heterocycles. The Labute approximate surface area is 336 Å². The summed E-state index contributed by atoms with van der Waals surface area (Å²) in [5.41, 5.74) is 0.119. The summed E-state index contributed by atoms with van der Waals surface area (Å²) in [6.45, 7) is 8.54. The number of carbonyl (C=O) groups is 2. The molecule has 0 unspecified atom stereocenters. The first-order chi connectivity index (χ1) is 27.0. The van der Waals surface area contributed by atoms with Crippen LogP contribution in [-0.2, 0) is 30.0 Å². The number of rotatable bonds is 13. The highest BCUT2D eigenvalue weighted by molar-refractivity contribution is 8.13. The minimum atomic E-state index is -2.88. The summed E-state index contributed by atoms with van der Waals surface area (Å²) in [6, 6.07) is 31.5. The third-order valence-electron chi connectivity index (χ3n) is 9.61. The highest BCUT2D eigenvalue weighted by Crippen LogP contribution is 2.41. The van der Waals surface area contributed by atoms with E-state index in [4.69, 9.17) is 30.9 Å². The summed E-state index contributed by atoms with van der Waals surface area (Å²) >= 11 is 6.83. The van der Waals surface area contributed by atoms with Crippen molar-refractivity contribution in [3.8, 4) is 0 Å². The fourth-order valence-electron chi connectivity index (χ4n) is 7.02. The minimum Gasteiger partial charge on any atom is -0.462 e. The number of aromatic nitrogens is 4. The van der Waals surface area contributed by atoms with Crippen molar-refractivity contribution >= 4 is 64.9 Å². The first-order valence-corrected chi connectivity index (χ1v) is 21.6. The normalized spacial score (nSPS) is 18.3. The number of thioether (sulfide) groups is 1. The highest BCUT2D eigenvalue weighted by atomic mass is 32.2. The molecule has 292 valence electrons. The van der Waals surface area contributed by atoms with E-state index in [1.165, 1.54) is 30.1 Å². The van der Waals surface area contributed by atoms with Crippen LogP contribution in [0.25, 0.3) is 0 Å². The Morgan fingerprint density at radius 2 is 1.59 bits per heavy atom. The van der Waals surface area contributed by atoms with E-state index in [1.807, 2.05) is 66.7 Å². The molecule has 3 heterocycles. The van der Waals surface area contributed by atoms with Crippen molar-refractivity contribution < 1.29 is 28.2 Å². The third kappa shape index (κ3) is 9.53. The van der Waals surface area contributed by atoms with E-state index < -0.39 is 44.5 Å². The maximum absolute atomic E-state index is 13.7. The summed E-state index contributed by atoms with van der Waals surface area (Å²) in [5.74, 6) is -0.0643. The smallest absolute Gasteiger partial charge is 0.413 e. The van der Waals surface area contributed by atoms with Crippen molar-refractivity contribution in [1.82, 2.24) is 19.1 Å². The van der Waals surface area contributed by atoms with Gasteiger partial charge in [-0.25, -0.2) is 14.6 Å². The van der Waals surface area contributed by atoms with Gasteiger partial charge in [0.15, 0.2) is 17.4 Å². The van der Waals surface area contributed by atoms with E-state index >= 15 is 0 Å². The molecular formula is C41H45N5O7S2Si. The fourth-order valence-corrected chi connectivity index (χ4v) is 12.7. The first-order valence-electron chi connectivity index (χ1n) is 18.3. The van der Waals surface area contributed by atoms with Gasteiger partial charge in [0.2, 0.25) is 0 Å². The van der Waals surface area contributed by atoms with Gasteiger partial charge in [-0.3, -0.25) is 19.2 Å². The standard InChI is InChI=1S/C41H45N5O7S2Si/c1-29(47)55-27-33-34(21-25-51-56(41(2,3)4,31-16-10-6-11-17-31)32-18-12-7-13-19-32)52-37(36(33)53-40(54)45-24-22-42-28-45)46-23-20-35(43-38(46)48)44-39(49)50-26-30-14-8-5-9-15-30/h5-20,22-24,28,33-34,36-37H,21,25-27H2,1-4H3,(H,43,44,48,49)/t33-,34-,36-,37-/m1/s1. The predicted octanol–water partition coefficient (Wildman–Crippen LogP) is 6.17. The Kier molecular flexibility index (Phi) is 13.3. The van der Waals surface area contributed by atoms with Crippen LogP contribution in [0.3, 0.4) is 0 Å². The van der Waals surface area contributed by atoms with Crippen molar-refractivity contribution in [2.45, 2.75) is 64.2 Å². The van der Waals surface area contributed by atoms with Crippen molar-refractivity contribution in [2.24, 2.45) is 5.92 Å². The number of carbonyl (C=O) groups excluding carboxylic acids is 2. The third-order valence-corrected chi connectivity index (χ3v) is 15.9. The van der Waals surface area contributed by atoms with Crippen LogP contribution in [0, 0.1) is 5.92 Å². The minimum absolute atomic E-state index is 0.00708. The molecule has 0 radical (unpaired) electrons. The molecule has 0 spiro atoms. The Morgan fingerprint density at radius 3 is 2.16 bits per heavy atom. The average Bonchev–Trinajstić information content (AvgIpc) is 3.84. The first kappa shape index (κ1) is 40.7. The van der Waals surface area contributed by atoms with Crippen molar-refractivity contribution in [2.75, 3.05) is 17.7 Å². The molecule has 0 aliphatic carbocycles. The number of amides is 1. The predicted molar refractivity (Wildman–Crippen MR) is 223 cm³/mol. The van der Waals surface area contributed by atoms with Crippen LogP contribution in [0.15, 0.2) is 127 Å². The number of hydrogen-bond donors (Lipinski definition) is 1. The van der Waals surface area contributed by atoms with Crippen LogP contribution in [-0.4, -0.2) is 68.4 Å². The van der Waals surface area contributed by atoms with Crippen LogP contribution in [0.2, 0.25) is 5.04 Å². The van der Waals surface area contributed by atoms with E-state index in [9.17, 15) is 14.4 Å².